The van der Waals surface area contributed by atoms with E-state index in [4.69, 9.17) is 0 Å². The molecule has 0 spiro atoms. The number of aromatic nitrogens is 3. The van der Waals surface area contributed by atoms with Crippen molar-refractivity contribution in [3.63, 3.8) is 0 Å². The largest absolute Gasteiger partial charge is 0.362 e. The number of rotatable bonds is 3. The smallest absolute Gasteiger partial charge is 0.207 e. The Balaban J connectivity index is 1.32. The molecule has 2 unspecified atom stereocenters. The maximum absolute atomic E-state index is 14.1. The first-order valence-electron chi connectivity index (χ1n) is 11.2. The summed E-state index contributed by atoms with van der Waals surface area (Å²) >= 11 is 0. The number of halogens is 1. The Morgan fingerprint density at radius 2 is 1.96 bits per heavy atom. The van der Waals surface area contributed by atoms with Crippen molar-refractivity contribution >= 4 is 5.78 Å². The fourth-order valence-corrected chi connectivity index (χ4v) is 7.94. The third-order valence-corrected chi connectivity index (χ3v) is 9.13. The Bertz CT molecular complexity index is 736. The Morgan fingerprint density at radius 3 is 2.75 bits per heavy atom. The van der Waals surface area contributed by atoms with E-state index in [9.17, 15) is 14.3 Å². The van der Waals surface area contributed by atoms with Gasteiger partial charge in [0, 0.05) is 25.0 Å². The van der Waals surface area contributed by atoms with E-state index >= 15 is 0 Å². The lowest BCUT2D eigenvalue weighted by Crippen LogP contribution is -2.51. The number of alkyl halides is 1. The van der Waals surface area contributed by atoms with Crippen molar-refractivity contribution in [1.82, 2.24) is 15.0 Å². The molecule has 0 radical (unpaired) electrons. The van der Waals surface area contributed by atoms with Crippen LogP contribution in [0.1, 0.15) is 64.7 Å². The molecule has 6 heteroatoms. The van der Waals surface area contributed by atoms with E-state index in [1.165, 1.54) is 0 Å². The van der Waals surface area contributed by atoms with Gasteiger partial charge in [-0.05, 0) is 80.0 Å². The molecule has 0 saturated heterocycles. The Labute approximate surface area is 166 Å². The minimum atomic E-state index is -1.94. The van der Waals surface area contributed by atoms with Crippen molar-refractivity contribution in [2.45, 2.75) is 77.1 Å². The van der Waals surface area contributed by atoms with E-state index in [1.807, 2.05) is 0 Å². The summed E-state index contributed by atoms with van der Waals surface area (Å²) in [5, 5.41) is 17.7. The number of carbonyl (C=O) groups is 1. The van der Waals surface area contributed by atoms with E-state index in [1.54, 1.807) is 17.1 Å². The fraction of sp³-hybridized carbons (Fsp3) is 0.864. The monoisotopic (exact) mass is 389 g/mol. The molecule has 4 saturated carbocycles. The Kier molecular flexibility index (Phi) is 4.42. The van der Waals surface area contributed by atoms with Crippen molar-refractivity contribution in [1.29, 1.82) is 0 Å². The first kappa shape index (κ1) is 18.7. The molecule has 1 aromatic heterocycles. The van der Waals surface area contributed by atoms with E-state index < -0.39 is 5.85 Å². The number of hydrogen-bond donors (Lipinski definition) is 1. The van der Waals surface area contributed by atoms with Gasteiger partial charge in [0.05, 0.1) is 6.20 Å². The molecule has 0 aliphatic heterocycles. The number of aliphatic hydroxyl groups is 1. The average Bonchev–Trinajstić information content (AvgIpc) is 3.27. The zero-order valence-corrected chi connectivity index (χ0v) is 16.8. The summed E-state index contributed by atoms with van der Waals surface area (Å²) in [5.74, 6) is 1.37. The molecule has 0 amide bonds. The van der Waals surface area contributed by atoms with E-state index in [0.29, 0.717) is 54.8 Å². The van der Waals surface area contributed by atoms with Gasteiger partial charge in [-0.3, -0.25) is 4.79 Å². The van der Waals surface area contributed by atoms with Crippen molar-refractivity contribution in [3.05, 3.63) is 12.4 Å². The molecule has 1 aromatic rings. The predicted molar refractivity (Wildman–Crippen MR) is 102 cm³/mol. The van der Waals surface area contributed by atoms with Crippen LogP contribution in [0.4, 0.5) is 4.39 Å². The van der Waals surface area contributed by atoms with Crippen LogP contribution in [0.15, 0.2) is 12.4 Å². The first-order valence-corrected chi connectivity index (χ1v) is 11.2. The summed E-state index contributed by atoms with van der Waals surface area (Å²) in [5.41, 5.74) is 0.0984. The Morgan fingerprint density at radius 1 is 1.14 bits per heavy atom. The minimum Gasteiger partial charge on any atom is -0.362 e. The number of ketones is 1. The van der Waals surface area contributed by atoms with Gasteiger partial charge in [0.25, 0.3) is 0 Å². The summed E-state index contributed by atoms with van der Waals surface area (Å²) in [6, 6.07) is 0. The number of nitrogens with zero attached hydrogens (tertiary/aromatic N) is 3. The highest BCUT2D eigenvalue weighted by atomic mass is 19.2. The normalized spacial score (nSPS) is 47.8. The second-order valence-corrected chi connectivity index (χ2v) is 10.3. The maximum atomic E-state index is 14.1. The molecule has 1 N–H and O–H groups in total. The molecule has 0 aromatic carbocycles. The highest BCUT2D eigenvalue weighted by Crippen LogP contribution is 2.64. The minimum absolute atomic E-state index is 0.0984. The lowest BCUT2D eigenvalue weighted by atomic mass is 9.49. The van der Waals surface area contributed by atoms with E-state index in [0.717, 1.165) is 44.9 Å². The van der Waals surface area contributed by atoms with Crippen LogP contribution >= 0.6 is 0 Å². The number of fused-ring (bicyclic) bond motifs is 5. The standard InChI is InChI=1S/C22H32FN3O2/c1-21-8-6-16-15-7-9-22(23,28)12-14(15)2-3-17(16)18(21)4-5-19(21)20(27)13-26-11-10-24-25-26/h10-11,14-19,28H,2-9,12-13H2,1H3/t14?,15-,16+,17?,18-,19+,21-,22+/m0/s1. The molecule has 5 nitrogen and oxygen atoms in total. The van der Waals surface area contributed by atoms with Crippen molar-refractivity contribution in [3.8, 4) is 0 Å². The van der Waals surface area contributed by atoms with Gasteiger partial charge in [-0.25, -0.2) is 9.07 Å². The molecule has 1 heterocycles. The summed E-state index contributed by atoms with van der Waals surface area (Å²) in [6.45, 7) is 2.69. The van der Waals surface area contributed by atoms with Gasteiger partial charge in [0.15, 0.2) is 5.78 Å². The molecule has 4 aliphatic carbocycles. The molecular weight excluding hydrogens is 357 g/mol. The number of hydrogen-bond acceptors (Lipinski definition) is 4. The SMILES string of the molecule is C[C@]12CC[C@H]3C(CCC4C[C@@](O)(F)CC[C@@H]43)[C@@H]1CC[C@@H]2C(=O)Cn1ccnn1. The van der Waals surface area contributed by atoms with E-state index in [2.05, 4.69) is 17.2 Å². The van der Waals surface area contributed by atoms with Crippen molar-refractivity contribution < 1.29 is 14.3 Å². The summed E-state index contributed by atoms with van der Waals surface area (Å²) in [6.07, 6.45) is 11.5. The average molecular weight is 390 g/mol. The highest BCUT2D eigenvalue weighted by molar-refractivity contribution is 5.82. The third-order valence-electron chi connectivity index (χ3n) is 9.13. The maximum Gasteiger partial charge on any atom is 0.207 e. The van der Waals surface area contributed by atoms with Crippen LogP contribution in [-0.4, -0.2) is 31.7 Å². The van der Waals surface area contributed by atoms with Crippen LogP contribution in [0, 0.1) is 40.9 Å². The zero-order valence-electron chi connectivity index (χ0n) is 16.8. The van der Waals surface area contributed by atoms with Crippen LogP contribution in [0.2, 0.25) is 0 Å². The van der Waals surface area contributed by atoms with Crippen LogP contribution in [0.3, 0.4) is 0 Å². The van der Waals surface area contributed by atoms with Gasteiger partial charge in [-0.2, -0.15) is 0 Å². The lowest BCUT2D eigenvalue weighted by molar-refractivity contribution is -0.165. The summed E-state index contributed by atoms with van der Waals surface area (Å²) in [7, 11) is 0. The van der Waals surface area contributed by atoms with Gasteiger partial charge >= 0.3 is 0 Å². The van der Waals surface area contributed by atoms with Gasteiger partial charge in [0.2, 0.25) is 5.85 Å². The van der Waals surface area contributed by atoms with Crippen LogP contribution < -0.4 is 0 Å². The molecule has 4 fully saturated rings. The van der Waals surface area contributed by atoms with Crippen molar-refractivity contribution in [2.24, 2.45) is 40.9 Å². The van der Waals surface area contributed by atoms with Crippen molar-refractivity contribution in [2.75, 3.05) is 0 Å². The second-order valence-electron chi connectivity index (χ2n) is 10.3. The molecule has 4 aliphatic rings. The summed E-state index contributed by atoms with van der Waals surface area (Å²) < 4.78 is 15.8. The quantitative estimate of drug-likeness (QED) is 0.854. The number of carbonyl (C=O) groups excluding carboxylic acids is 1. The van der Waals surface area contributed by atoms with Gasteiger partial charge in [0.1, 0.15) is 6.54 Å². The van der Waals surface area contributed by atoms with Crippen LogP contribution in [0.5, 0.6) is 0 Å². The van der Waals surface area contributed by atoms with Gasteiger partial charge in [-0.15, -0.1) is 5.10 Å². The highest BCUT2D eigenvalue weighted by Gasteiger charge is 2.59. The molecule has 154 valence electrons. The van der Waals surface area contributed by atoms with E-state index in [-0.39, 0.29) is 11.3 Å². The lowest BCUT2D eigenvalue weighted by Gasteiger charge is -2.56. The Hall–Kier alpha value is -1.30. The third kappa shape index (κ3) is 2.94. The second kappa shape index (κ2) is 6.61. The predicted octanol–water partition coefficient (Wildman–Crippen LogP) is 3.77. The first-order chi connectivity index (χ1) is 13.4. The molecule has 8 atom stereocenters. The molecule has 5 rings (SSSR count). The topological polar surface area (TPSA) is 68.0 Å². The molecular formula is C22H32FN3O2. The van der Waals surface area contributed by atoms with Crippen LogP contribution in [-0.2, 0) is 11.3 Å². The van der Waals surface area contributed by atoms with Gasteiger partial charge in [-0.1, -0.05) is 12.1 Å². The molecule has 28 heavy (non-hydrogen) atoms. The van der Waals surface area contributed by atoms with Crippen LogP contribution in [0.25, 0.3) is 0 Å². The fourth-order valence-electron chi connectivity index (χ4n) is 7.94. The van der Waals surface area contributed by atoms with Gasteiger partial charge < -0.3 is 5.11 Å². The molecule has 0 bridgehead atoms. The summed E-state index contributed by atoms with van der Waals surface area (Å²) in [4.78, 5) is 13.1. The number of Topliss-reactive ketones (excluding diaryl/α,β-unsaturated/α-hetero) is 1. The zero-order chi connectivity index (χ0) is 19.5.